The minimum atomic E-state index is -0.655. The Morgan fingerprint density at radius 1 is 0.297 bits per heavy atom. The predicted octanol–water partition coefficient (Wildman–Crippen LogP) is 16.5. The van der Waals surface area contributed by atoms with Crippen LogP contribution < -0.4 is 9.80 Å². The largest absolute Gasteiger partial charge is 0.455 e. The first-order valence-electron chi connectivity index (χ1n) is 22.0. The van der Waals surface area contributed by atoms with Crippen LogP contribution in [0.15, 0.2) is 247 Å². The third kappa shape index (κ3) is 5.34. The maximum atomic E-state index is 6.49. The Balaban J connectivity index is 1.03. The van der Waals surface area contributed by atoms with Gasteiger partial charge in [0.2, 0.25) is 0 Å². The highest BCUT2D eigenvalue weighted by atomic mass is 16.3. The van der Waals surface area contributed by atoms with Gasteiger partial charge >= 0.3 is 0 Å². The molecule has 0 bridgehead atoms. The average molecular weight is 817 g/mol. The molecule has 0 saturated heterocycles. The van der Waals surface area contributed by atoms with Crippen molar-refractivity contribution >= 4 is 56.1 Å². The van der Waals surface area contributed by atoms with Gasteiger partial charge < -0.3 is 14.2 Å². The van der Waals surface area contributed by atoms with Crippen molar-refractivity contribution in [1.82, 2.24) is 0 Å². The van der Waals surface area contributed by atoms with Crippen LogP contribution >= 0.6 is 0 Å². The zero-order valence-electron chi connectivity index (χ0n) is 34.9. The molecule has 0 saturated carbocycles. The van der Waals surface area contributed by atoms with Gasteiger partial charge in [0.15, 0.2) is 0 Å². The molecule has 2 aliphatic heterocycles. The topological polar surface area (TPSA) is 19.6 Å². The van der Waals surface area contributed by atoms with Crippen LogP contribution in [-0.4, -0.2) is 0 Å². The second-order valence-electron chi connectivity index (χ2n) is 16.8. The zero-order valence-corrected chi connectivity index (χ0v) is 34.9. The molecule has 2 aliphatic rings. The Bertz CT molecular complexity index is 3510. The van der Waals surface area contributed by atoms with Crippen LogP contribution in [0.25, 0.3) is 55.3 Å². The molecule has 1 aromatic heterocycles. The summed E-state index contributed by atoms with van der Waals surface area (Å²) >= 11 is 0. The van der Waals surface area contributed by atoms with Crippen LogP contribution in [0.2, 0.25) is 0 Å². The first-order chi connectivity index (χ1) is 31.8. The number of hydrogen-bond donors (Lipinski definition) is 0. The Labute approximate surface area is 372 Å². The quantitative estimate of drug-likeness (QED) is 0.173. The van der Waals surface area contributed by atoms with Gasteiger partial charge in [0.1, 0.15) is 11.2 Å². The molecule has 3 nitrogen and oxygen atoms in total. The van der Waals surface area contributed by atoms with Gasteiger partial charge in [-0.2, -0.15) is 0 Å². The number of nitrogens with zero attached hydrogens (tertiary/aromatic N) is 2. The van der Waals surface area contributed by atoms with Crippen molar-refractivity contribution < 1.29 is 4.42 Å². The van der Waals surface area contributed by atoms with Crippen molar-refractivity contribution in [2.75, 3.05) is 9.80 Å². The first-order valence-corrected chi connectivity index (χ1v) is 22.0. The van der Waals surface area contributed by atoms with E-state index in [9.17, 15) is 0 Å². The average Bonchev–Trinajstić information content (AvgIpc) is 3.76. The summed E-state index contributed by atoms with van der Waals surface area (Å²) in [4.78, 5) is 4.93. The molecule has 0 atom stereocenters. The van der Waals surface area contributed by atoms with E-state index >= 15 is 0 Å². The van der Waals surface area contributed by atoms with Gasteiger partial charge in [-0.1, -0.05) is 182 Å². The molecular weight excluding hydrogens is 777 g/mol. The van der Waals surface area contributed by atoms with Crippen molar-refractivity contribution in [3.05, 3.63) is 265 Å². The molecule has 0 unspecified atom stereocenters. The molecule has 0 fully saturated rings. The van der Waals surface area contributed by atoms with Crippen LogP contribution in [0.3, 0.4) is 0 Å². The fraction of sp³-hybridized carbons (Fsp3) is 0.0164. The summed E-state index contributed by atoms with van der Waals surface area (Å²) in [6, 6.07) is 88.5. The van der Waals surface area contributed by atoms with E-state index in [0.717, 1.165) is 67.2 Å². The normalized spacial score (nSPS) is 13.4. The van der Waals surface area contributed by atoms with E-state index in [2.05, 4.69) is 240 Å². The smallest absolute Gasteiger partial charge is 0.143 e. The summed E-state index contributed by atoms with van der Waals surface area (Å²) in [5.41, 5.74) is 19.9. The summed E-state index contributed by atoms with van der Waals surface area (Å²) in [5, 5.41) is 2.27. The molecule has 13 rings (SSSR count). The van der Waals surface area contributed by atoms with Gasteiger partial charge in [0.05, 0.1) is 28.2 Å². The van der Waals surface area contributed by atoms with Crippen LogP contribution in [-0.2, 0) is 5.41 Å². The van der Waals surface area contributed by atoms with Crippen molar-refractivity contribution in [1.29, 1.82) is 0 Å². The van der Waals surface area contributed by atoms with Gasteiger partial charge in [-0.25, -0.2) is 0 Å². The van der Waals surface area contributed by atoms with Crippen LogP contribution in [0, 0.1) is 0 Å². The van der Waals surface area contributed by atoms with Gasteiger partial charge in [0.25, 0.3) is 0 Å². The van der Waals surface area contributed by atoms with Crippen molar-refractivity contribution in [2.24, 2.45) is 0 Å². The molecule has 3 heteroatoms. The van der Waals surface area contributed by atoms with E-state index in [1.165, 1.54) is 44.5 Å². The molecule has 0 N–H and O–H groups in total. The van der Waals surface area contributed by atoms with E-state index < -0.39 is 5.41 Å². The molecule has 0 radical (unpaired) electrons. The van der Waals surface area contributed by atoms with Crippen LogP contribution in [0.1, 0.15) is 22.3 Å². The monoisotopic (exact) mass is 816 g/mol. The van der Waals surface area contributed by atoms with Crippen molar-refractivity contribution in [3.63, 3.8) is 0 Å². The minimum absolute atomic E-state index is 0.655. The van der Waals surface area contributed by atoms with Gasteiger partial charge in [-0.05, 0) is 111 Å². The van der Waals surface area contributed by atoms with E-state index in [1.54, 1.807) is 0 Å². The second kappa shape index (κ2) is 14.3. The number of hydrogen-bond acceptors (Lipinski definition) is 3. The molecule has 10 aromatic carbocycles. The standard InChI is InChI=1S/C61H40N2O/c1-3-16-41(17-4-1)43-30-35-46(36-31-43)62-55-26-11-8-23-51(55)61(52-24-9-12-27-56(52)62)53-25-10-13-28-57(53)63(58-39-34-45(40-54(58)61)42-18-5-2-6-19-42)47-37-32-44(33-38-47)48-21-15-22-50-49-20-7-14-29-59(49)64-60(48)50/h1-40H. The SMILES string of the molecule is c1ccc(-c2ccc(N3c4ccccc4C4(c5ccccc53)c3ccccc3N(c3ccc(-c5cccc6c5oc5ccccc56)cc3)c3ccc(-c5ccccc5)cc34)cc2)cc1. The lowest BCUT2D eigenvalue weighted by Crippen LogP contribution is -2.42. The van der Waals surface area contributed by atoms with E-state index in [4.69, 9.17) is 4.42 Å². The summed E-state index contributed by atoms with van der Waals surface area (Å²) in [6.45, 7) is 0. The fourth-order valence-corrected chi connectivity index (χ4v) is 10.7. The number of benzene rings is 10. The highest BCUT2D eigenvalue weighted by Crippen LogP contribution is 2.64. The summed E-state index contributed by atoms with van der Waals surface area (Å²) in [5.74, 6) is 0. The molecule has 0 aliphatic carbocycles. The van der Waals surface area contributed by atoms with Crippen LogP contribution in [0.4, 0.5) is 34.1 Å². The van der Waals surface area contributed by atoms with Crippen LogP contribution in [0.5, 0.6) is 0 Å². The molecule has 0 amide bonds. The number of fused-ring (bicyclic) bond motifs is 11. The Morgan fingerprint density at radius 3 is 1.33 bits per heavy atom. The molecular formula is C61H40N2O. The Hall–Kier alpha value is -8.40. The number of anilines is 6. The summed E-state index contributed by atoms with van der Waals surface area (Å²) in [7, 11) is 0. The second-order valence-corrected chi connectivity index (χ2v) is 16.8. The molecule has 1 spiro atoms. The molecule has 11 aromatic rings. The number of rotatable bonds is 5. The lowest BCUT2D eigenvalue weighted by Gasteiger charge is -2.51. The van der Waals surface area contributed by atoms with Crippen molar-refractivity contribution in [2.45, 2.75) is 5.41 Å². The lowest BCUT2D eigenvalue weighted by molar-refractivity contribution is 0.670. The predicted molar refractivity (Wildman–Crippen MR) is 265 cm³/mol. The molecule has 300 valence electrons. The lowest BCUT2D eigenvalue weighted by atomic mass is 9.60. The van der Waals surface area contributed by atoms with E-state index in [-0.39, 0.29) is 0 Å². The third-order valence-corrected chi connectivity index (χ3v) is 13.5. The highest BCUT2D eigenvalue weighted by molar-refractivity contribution is 6.09. The van der Waals surface area contributed by atoms with E-state index in [0.29, 0.717) is 0 Å². The Kier molecular flexibility index (Phi) is 8.13. The van der Waals surface area contributed by atoms with Gasteiger partial charge in [0, 0.05) is 27.7 Å². The highest BCUT2D eigenvalue weighted by Gasteiger charge is 2.52. The maximum absolute atomic E-state index is 6.49. The number of furan rings is 1. The number of para-hydroxylation sites is 5. The third-order valence-electron chi connectivity index (χ3n) is 13.5. The maximum Gasteiger partial charge on any atom is 0.143 e. The van der Waals surface area contributed by atoms with E-state index in [1.807, 2.05) is 12.1 Å². The summed E-state index contributed by atoms with van der Waals surface area (Å²) in [6.07, 6.45) is 0. The first kappa shape index (κ1) is 36.3. The van der Waals surface area contributed by atoms with Crippen molar-refractivity contribution in [3.8, 4) is 33.4 Å². The minimum Gasteiger partial charge on any atom is -0.455 e. The molecule has 3 heterocycles. The zero-order chi connectivity index (χ0) is 42.2. The Morgan fingerprint density at radius 2 is 0.734 bits per heavy atom. The van der Waals surface area contributed by atoms with Gasteiger partial charge in [-0.3, -0.25) is 0 Å². The fourth-order valence-electron chi connectivity index (χ4n) is 10.7. The van der Waals surface area contributed by atoms with Gasteiger partial charge in [-0.15, -0.1) is 0 Å². The summed E-state index contributed by atoms with van der Waals surface area (Å²) < 4.78 is 6.49. The molecule has 64 heavy (non-hydrogen) atoms.